The molecular formula is C21H16N4O3. The van der Waals surface area contributed by atoms with Gasteiger partial charge in [-0.1, -0.05) is 48.5 Å². The number of hydrogen-bond acceptors (Lipinski definition) is 4. The highest BCUT2D eigenvalue weighted by atomic mass is 16.6. The summed E-state index contributed by atoms with van der Waals surface area (Å²) in [5.41, 5.74) is 1.97. The van der Waals surface area contributed by atoms with Crippen LogP contribution in [0, 0.1) is 10.1 Å². The van der Waals surface area contributed by atoms with Crippen molar-refractivity contribution in [3.63, 3.8) is 0 Å². The van der Waals surface area contributed by atoms with Crippen LogP contribution in [0.4, 0.5) is 5.69 Å². The highest BCUT2D eigenvalue weighted by Crippen LogP contribution is 2.22. The Morgan fingerprint density at radius 3 is 2.07 bits per heavy atom. The van der Waals surface area contributed by atoms with E-state index in [1.54, 1.807) is 12.1 Å². The molecule has 0 saturated heterocycles. The Hall–Kier alpha value is -4.00. The largest absolute Gasteiger partial charge is 0.351 e. The number of para-hydroxylation sites is 1. The summed E-state index contributed by atoms with van der Waals surface area (Å²) in [4.78, 5) is 23.6. The lowest BCUT2D eigenvalue weighted by Gasteiger charge is -2.05. The predicted molar refractivity (Wildman–Crippen MR) is 105 cm³/mol. The summed E-state index contributed by atoms with van der Waals surface area (Å²) in [5, 5.41) is 15.5. The molecule has 0 aliphatic rings. The first-order chi connectivity index (χ1) is 13.6. The van der Waals surface area contributed by atoms with Crippen molar-refractivity contribution in [2.75, 3.05) is 0 Å². The van der Waals surface area contributed by atoms with Gasteiger partial charge in [-0.05, 0) is 29.8 Å². The number of rotatable bonds is 5. The lowest BCUT2D eigenvalue weighted by molar-refractivity contribution is -0.384. The molecule has 7 nitrogen and oxygen atoms in total. The van der Waals surface area contributed by atoms with E-state index < -0.39 is 4.92 Å². The third kappa shape index (κ3) is 3.33. The molecule has 1 aromatic heterocycles. The molecule has 1 heterocycles. The van der Waals surface area contributed by atoms with Gasteiger partial charge in [0, 0.05) is 17.7 Å². The fraction of sp³-hybridized carbons (Fsp3) is 0.0476. The highest BCUT2D eigenvalue weighted by molar-refractivity contribution is 5.60. The molecule has 7 heteroatoms. The first-order valence-corrected chi connectivity index (χ1v) is 8.67. The van der Waals surface area contributed by atoms with Crippen molar-refractivity contribution < 1.29 is 4.92 Å². The molecule has 4 rings (SSSR count). The van der Waals surface area contributed by atoms with E-state index >= 15 is 0 Å². The average molecular weight is 372 g/mol. The fourth-order valence-electron chi connectivity index (χ4n) is 3.00. The summed E-state index contributed by atoms with van der Waals surface area (Å²) in [7, 11) is 0. The minimum atomic E-state index is -0.456. The van der Waals surface area contributed by atoms with Gasteiger partial charge in [-0.25, -0.2) is 14.0 Å². The highest BCUT2D eigenvalue weighted by Gasteiger charge is 2.17. The summed E-state index contributed by atoms with van der Waals surface area (Å²) >= 11 is 0. The summed E-state index contributed by atoms with van der Waals surface area (Å²) in [6.07, 6.45) is 0. The van der Waals surface area contributed by atoms with Gasteiger partial charge in [0.2, 0.25) is 0 Å². The third-order valence-electron chi connectivity index (χ3n) is 4.37. The van der Waals surface area contributed by atoms with Crippen LogP contribution in [-0.4, -0.2) is 19.3 Å². The van der Waals surface area contributed by atoms with Crippen LogP contribution in [-0.2, 0) is 6.54 Å². The number of nitro groups is 1. The molecule has 138 valence electrons. The Morgan fingerprint density at radius 2 is 1.46 bits per heavy atom. The standard InChI is InChI=1S/C21H16N4O3/c26-21-23(15-16-7-3-1-4-8-16)22-20(24(21)18-9-5-2-6-10-18)17-11-13-19(14-12-17)25(27)28/h1-14H,15H2. The molecule has 4 aromatic rings. The zero-order chi connectivity index (χ0) is 19.5. The average Bonchev–Trinajstić information content (AvgIpc) is 3.05. The van der Waals surface area contributed by atoms with Crippen molar-refractivity contribution in [1.82, 2.24) is 14.3 Å². The van der Waals surface area contributed by atoms with Crippen LogP contribution in [0.25, 0.3) is 17.1 Å². The van der Waals surface area contributed by atoms with Gasteiger partial charge in [0.05, 0.1) is 17.2 Å². The number of hydrogen-bond donors (Lipinski definition) is 0. The minimum Gasteiger partial charge on any atom is -0.258 e. The number of nitrogens with zero attached hydrogens (tertiary/aromatic N) is 4. The Morgan fingerprint density at radius 1 is 0.857 bits per heavy atom. The van der Waals surface area contributed by atoms with Crippen LogP contribution in [0.5, 0.6) is 0 Å². The summed E-state index contributed by atoms with van der Waals surface area (Å²) < 4.78 is 2.92. The molecule has 3 aromatic carbocycles. The van der Waals surface area contributed by atoms with Gasteiger partial charge >= 0.3 is 5.69 Å². The molecule has 0 bridgehead atoms. The molecule has 0 radical (unpaired) electrons. The van der Waals surface area contributed by atoms with Crippen LogP contribution in [0.2, 0.25) is 0 Å². The second-order valence-electron chi connectivity index (χ2n) is 6.22. The van der Waals surface area contributed by atoms with E-state index in [1.165, 1.54) is 21.4 Å². The Labute approximate surface area is 160 Å². The predicted octanol–water partition coefficient (Wildman–Crippen LogP) is 3.66. The minimum absolute atomic E-state index is 0.0129. The molecule has 0 unspecified atom stereocenters. The van der Waals surface area contributed by atoms with Crippen LogP contribution in [0.15, 0.2) is 89.7 Å². The van der Waals surface area contributed by atoms with Gasteiger partial charge in [-0.15, -0.1) is 5.10 Å². The number of aromatic nitrogens is 3. The Balaban J connectivity index is 1.85. The van der Waals surface area contributed by atoms with Crippen molar-refractivity contribution in [1.29, 1.82) is 0 Å². The van der Waals surface area contributed by atoms with Crippen molar-refractivity contribution >= 4 is 5.69 Å². The van der Waals surface area contributed by atoms with Crippen molar-refractivity contribution in [3.05, 3.63) is 111 Å². The van der Waals surface area contributed by atoms with Gasteiger partial charge in [-0.2, -0.15) is 0 Å². The lowest BCUT2D eigenvalue weighted by Crippen LogP contribution is -2.24. The molecule has 0 aliphatic heterocycles. The summed E-state index contributed by atoms with van der Waals surface area (Å²) in [6.45, 7) is 0.333. The SMILES string of the molecule is O=c1n(Cc2ccccc2)nc(-c2ccc([N+](=O)[O-])cc2)n1-c1ccccc1. The Kier molecular flexibility index (Phi) is 4.55. The molecule has 0 aliphatic carbocycles. The van der Waals surface area contributed by atoms with Crippen molar-refractivity contribution in [2.45, 2.75) is 6.54 Å². The van der Waals surface area contributed by atoms with E-state index in [-0.39, 0.29) is 11.4 Å². The van der Waals surface area contributed by atoms with E-state index in [0.29, 0.717) is 23.6 Å². The van der Waals surface area contributed by atoms with Gasteiger partial charge < -0.3 is 0 Å². The summed E-state index contributed by atoms with van der Waals surface area (Å²) in [5.74, 6) is 0.432. The molecule has 0 spiro atoms. The van der Waals surface area contributed by atoms with Gasteiger partial charge in [0.15, 0.2) is 5.82 Å². The van der Waals surface area contributed by atoms with Crippen molar-refractivity contribution in [3.8, 4) is 17.1 Å². The first-order valence-electron chi connectivity index (χ1n) is 8.67. The third-order valence-corrected chi connectivity index (χ3v) is 4.37. The van der Waals surface area contributed by atoms with Gasteiger partial charge in [0.25, 0.3) is 5.69 Å². The zero-order valence-electron chi connectivity index (χ0n) is 14.8. The first kappa shape index (κ1) is 17.4. The number of nitro benzene ring substituents is 1. The molecule has 28 heavy (non-hydrogen) atoms. The Bertz CT molecular complexity index is 1160. The molecule has 0 fully saturated rings. The molecule has 0 saturated carbocycles. The van der Waals surface area contributed by atoms with Crippen LogP contribution < -0.4 is 5.69 Å². The fourth-order valence-corrected chi connectivity index (χ4v) is 3.00. The lowest BCUT2D eigenvalue weighted by atomic mass is 10.2. The van der Waals surface area contributed by atoms with E-state index in [0.717, 1.165) is 5.56 Å². The van der Waals surface area contributed by atoms with Gasteiger partial charge in [-0.3, -0.25) is 10.1 Å². The monoisotopic (exact) mass is 372 g/mol. The second kappa shape index (κ2) is 7.32. The maximum atomic E-state index is 13.1. The van der Waals surface area contributed by atoms with Gasteiger partial charge in [0.1, 0.15) is 0 Å². The normalized spacial score (nSPS) is 10.7. The van der Waals surface area contributed by atoms with E-state index in [1.807, 2.05) is 60.7 Å². The van der Waals surface area contributed by atoms with E-state index in [2.05, 4.69) is 5.10 Å². The van der Waals surface area contributed by atoms with E-state index in [9.17, 15) is 14.9 Å². The molecule has 0 N–H and O–H groups in total. The van der Waals surface area contributed by atoms with Crippen molar-refractivity contribution in [2.24, 2.45) is 0 Å². The van der Waals surface area contributed by atoms with Crippen LogP contribution in [0.3, 0.4) is 0 Å². The van der Waals surface area contributed by atoms with Crippen LogP contribution >= 0.6 is 0 Å². The molecular weight excluding hydrogens is 356 g/mol. The zero-order valence-corrected chi connectivity index (χ0v) is 14.8. The summed E-state index contributed by atoms with van der Waals surface area (Å²) in [6, 6.07) is 24.8. The number of non-ortho nitro benzene ring substituents is 1. The van der Waals surface area contributed by atoms with Crippen LogP contribution in [0.1, 0.15) is 5.56 Å². The molecule has 0 amide bonds. The quantitative estimate of drug-likeness (QED) is 0.395. The maximum absolute atomic E-state index is 13.1. The maximum Gasteiger partial charge on any atom is 0.351 e. The molecule has 0 atom stereocenters. The smallest absolute Gasteiger partial charge is 0.258 e. The van der Waals surface area contributed by atoms with E-state index in [4.69, 9.17) is 0 Å². The second-order valence-corrected chi connectivity index (χ2v) is 6.22. The topological polar surface area (TPSA) is 83.0 Å². The number of benzene rings is 3.